The Morgan fingerprint density at radius 1 is 1.10 bits per heavy atom. The summed E-state index contributed by atoms with van der Waals surface area (Å²) in [6, 6.07) is -0.176. The molecule has 0 amide bonds. The van der Waals surface area contributed by atoms with Crippen molar-refractivity contribution in [1.82, 2.24) is 5.32 Å². The number of halogens is 3. The summed E-state index contributed by atoms with van der Waals surface area (Å²) in [7, 11) is 0. The lowest BCUT2D eigenvalue weighted by Crippen LogP contribution is -2.50. The Morgan fingerprint density at radius 3 is 2.45 bits per heavy atom. The maximum Gasteiger partial charge on any atom is 0.393 e. The largest absolute Gasteiger partial charge is 0.393 e. The minimum Gasteiger partial charge on any atom is -0.311 e. The fourth-order valence-corrected chi connectivity index (χ4v) is 4.58. The van der Waals surface area contributed by atoms with Gasteiger partial charge in [-0.25, -0.2) is 0 Å². The molecule has 4 heteroatoms. The molecule has 0 aromatic rings. The van der Waals surface area contributed by atoms with Gasteiger partial charge >= 0.3 is 6.18 Å². The first-order chi connectivity index (χ1) is 9.45. The minimum atomic E-state index is -4.05. The quantitative estimate of drug-likeness (QED) is 0.763. The number of fused-ring (bicyclic) bond motifs is 2. The van der Waals surface area contributed by atoms with Gasteiger partial charge in [-0.3, -0.25) is 0 Å². The highest BCUT2D eigenvalue weighted by molar-refractivity contribution is 5.12. The zero-order valence-corrected chi connectivity index (χ0v) is 12.0. The standard InChI is InChI=1S/C16H24F3N/c1-10(13-9-11-6-7-12(13)8-11)20-15-5-3-2-4-14(15)16(17,18)19/h6-7,10-15,20H,2-5,8-9H2,1H3. The molecule has 0 aromatic carbocycles. The molecule has 2 bridgehead atoms. The van der Waals surface area contributed by atoms with E-state index in [4.69, 9.17) is 0 Å². The molecular weight excluding hydrogens is 263 g/mol. The van der Waals surface area contributed by atoms with Gasteiger partial charge in [0.2, 0.25) is 0 Å². The van der Waals surface area contributed by atoms with Gasteiger partial charge in [-0.1, -0.05) is 25.0 Å². The third kappa shape index (κ3) is 2.76. The summed E-state index contributed by atoms with van der Waals surface area (Å²) >= 11 is 0. The van der Waals surface area contributed by atoms with E-state index >= 15 is 0 Å². The van der Waals surface area contributed by atoms with Gasteiger partial charge < -0.3 is 5.32 Å². The molecular formula is C16H24F3N. The van der Waals surface area contributed by atoms with E-state index in [2.05, 4.69) is 24.4 Å². The molecule has 114 valence electrons. The summed E-state index contributed by atoms with van der Waals surface area (Å²) in [5, 5.41) is 3.35. The molecule has 0 spiro atoms. The summed E-state index contributed by atoms with van der Waals surface area (Å²) in [6.45, 7) is 2.08. The Labute approximate surface area is 119 Å². The van der Waals surface area contributed by atoms with Gasteiger partial charge in [-0.05, 0) is 50.4 Å². The zero-order valence-electron chi connectivity index (χ0n) is 12.0. The first kappa shape index (κ1) is 14.4. The lowest BCUT2D eigenvalue weighted by Gasteiger charge is -2.38. The van der Waals surface area contributed by atoms with E-state index in [1.165, 1.54) is 6.42 Å². The topological polar surface area (TPSA) is 12.0 Å². The molecule has 0 aromatic heterocycles. The molecule has 6 unspecified atom stereocenters. The predicted molar refractivity (Wildman–Crippen MR) is 73.2 cm³/mol. The predicted octanol–water partition coefficient (Wildman–Crippen LogP) is 4.30. The van der Waals surface area contributed by atoms with Gasteiger partial charge in [0, 0.05) is 12.1 Å². The number of allylic oxidation sites excluding steroid dienone is 2. The molecule has 0 heterocycles. The minimum absolute atomic E-state index is 0.197. The van der Waals surface area contributed by atoms with Crippen molar-refractivity contribution in [3.63, 3.8) is 0 Å². The van der Waals surface area contributed by atoms with Crippen molar-refractivity contribution in [2.45, 2.75) is 63.7 Å². The van der Waals surface area contributed by atoms with Gasteiger partial charge in [0.15, 0.2) is 0 Å². The lowest BCUT2D eigenvalue weighted by atomic mass is 9.81. The third-order valence-corrected chi connectivity index (χ3v) is 5.64. The fraction of sp³-hybridized carbons (Fsp3) is 0.875. The molecule has 6 atom stereocenters. The van der Waals surface area contributed by atoms with E-state index in [-0.39, 0.29) is 12.1 Å². The van der Waals surface area contributed by atoms with Crippen LogP contribution in [0.1, 0.15) is 45.4 Å². The van der Waals surface area contributed by atoms with Crippen LogP contribution in [0.15, 0.2) is 12.2 Å². The van der Waals surface area contributed by atoms with Crippen LogP contribution in [0.5, 0.6) is 0 Å². The summed E-state index contributed by atoms with van der Waals surface area (Å²) in [5.41, 5.74) is 0. The molecule has 2 fully saturated rings. The van der Waals surface area contributed by atoms with Gasteiger partial charge in [-0.15, -0.1) is 0 Å². The van der Waals surface area contributed by atoms with Gasteiger partial charge in [0.25, 0.3) is 0 Å². The Kier molecular flexibility index (Phi) is 3.87. The number of rotatable bonds is 3. The van der Waals surface area contributed by atoms with E-state index in [0.29, 0.717) is 37.0 Å². The van der Waals surface area contributed by atoms with Crippen LogP contribution >= 0.6 is 0 Å². The molecule has 2 saturated carbocycles. The van der Waals surface area contributed by atoms with Crippen molar-refractivity contribution in [2.24, 2.45) is 23.7 Å². The van der Waals surface area contributed by atoms with E-state index < -0.39 is 12.1 Å². The Morgan fingerprint density at radius 2 is 1.85 bits per heavy atom. The van der Waals surface area contributed by atoms with Crippen LogP contribution in [0.2, 0.25) is 0 Å². The Bertz CT molecular complexity index is 376. The molecule has 1 N–H and O–H groups in total. The number of hydrogen-bond donors (Lipinski definition) is 1. The van der Waals surface area contributed by atoms with Crippen molar-refractivity contribution >= 4 is 0 Å². The second-order valence-corrected chi connectivity index (χ2v) is 6.94. The van der Waals surface area contributed by atoms with Crippen LogP contribution in [0.3, 0.4) is 0 Å². The molecule has 3 rings (SSSR count). The van der Waals surface area contributed by atoms with Crippen LogP contribution < -0.4 is 5.32 Å². The van der Waals surface area contributed by atoms with Crippen molar-refractivity contribution in [2.75, 3.05) is 0 Å². The number of hydrogen-bond acceptors (Lipinski definition) is 1. The maximum absolute atomic E-state index is 13.1. The Hall–Kier alpha value is -0.510. The number of nitrogens with one attached hydrogen (secondary N) is 1. The summed E-state index contributed by atoms with van der Waals surface area (Å²) < 4.78 is 39.4. The highest BCUT2D eigenvalue weighted by atomic mass is 19.4. The SMILES string of the molecule is CC(NC1CCCCC1C(F)(F)F)C1CC2C=CC1C2. The molecule has 0 radical (unpaired) electrons. The summed E-state index contributed by atoms with van der Waals surface area (Å²) in [4.78, 5) is 0. The molecule has 20 heavy (non-hydrogen) atoms. The van der Waals surface area contributed by atoms with E-state index in [1.807, 2.05) is 0 Å². The van der Waals surface area contributed by atoms with Crippen LogP contribution in [0, 0.1) is 23.7 Å². The first-order valence-corrected chi connectivity index (χ1v) is 7.96. The van der Waals surface area contributed by atoms with Crippen molar-refractivity contribution in [3.05, 3.63) is 12.2 Å². The zero-order chi connectivity index (χ0) is 14.3. The van der Waals surface area contributed by atoms with Crippen molar-refractivity contribution < 1.29 is 13.2 Å². The number of alkyl halides is 3. The first-order valence-electron chi connectivity index (χ1n) is 7.96. The maximum atomic E-state index is 13.1. The second kappa shape index (κ2) is 5.36. The van der Waals surface area contributed by atoms with E-state index in [1.54, 1.807) is 0 Å². The van der Waals surface area contributed by atoms with Gasteiger partial charge in [0.1, 0.15) is 0 Å². The van der Waals surface area contributed by atoms with Crippen molar-refractivity contribution in [3.8, 4) is 0 Å². The Balaban J connectivity index is 1.62. The average molecular weight is 287 g/mol. The van der Waals surface area contributed by atoms with Gasteiger partial charge in [-0.2, -0.15) is 13.2 Å². The van der Waals surface area contributed by atoms with E-state index in [0.717, 1.165) is 12.8 Å². The molecule has 3 aliphatic carbocycles. The van der Waals surface area contributed by atoms with Crippen LogP contribution in [-0.4, -0.2) is 18.3 Å². The molecule has 0 aliphatic heterocycles. The highest BCUT2D eigenvalue weighted by Gasteiger charge is 2.47. The lowest BCUT2D eigenvalue weighted by molar-refractivity contribution is -0.189. The van der Waals surface area contributed by atoms with Crippen LogP contribution in [-0.2, 0) is 0 Å². The summed E-state index contributed by atoms with van der Waals surface area (Å²) in [5.74, 6) is 0.656. The molecule has 0 saturated heterocycles. The van der Waals surface area contributed by atoms with Crippen LogP contribution in [0.25, 0.3) is 0 Å². The molecule has 3 aliphatic rings. The smallest absolute Gasteiger partial charge is 0.311 e. The van der Waals surface area contributed by atoms with Gasteiger partial charge in [0.05, 0.1) is 5.92 Å². The van der Waals surface area contributed by atoms with Crippen molar-refractivity contribution in [1.29, 1.82) is 0 Å². The van der Waals surface area contributed by atoms with Crippen LogP contribution in [0.4, 0.5) is 13.2 Å². The average Bonchev–Trinajstić information content (AvgIpc) is 3.00. The third-order valence-electron chi connectivity index (χ3n) is 5.64. The van der Waals surface area contributed by atoms with E-state index in [9.17, 15) is 13.2 Å². The molecule has 1 nitrogen and oxygen atoms in total. The second-order valence-electron chi connectivity index (χ2n) is 6.94. The summed E-state index contributed by atoms with van der Waals surface area (Å²) in [6.07, 6.45) is 5.48. The monoisotopic (exact) mass is 287 g/mol. The fourth-order valence-electron chi connectivity index (χ4n) is 4.58. The normalized spacial score (nSPS) is 42.1. The highest BCUT2D eigenvalue weighted by Crippen LogP contribution is 2.45.